The van der Waals surface area contributed by atoms with E-state index < -0.39 is 12.7 Å². The van der Waals surface area contributed by atoms with Crippen molar-refractivity contribution in [3.63, 3.8) is 0 Å². The zero-order chi connectivity index (χ0) is 12.3. The number of rotatable bonds is 3. The number of nitrogens with zero attached hydrogens (tertiary/aromatic N) is 1. The third-order valence-electron chi connectivity index (χ3n) is 3.83. The molecule has 0 radical (unpaired) electrons. The summed E-state index contributed by atoms with van der Waals surface area (Å²) < 4.78 is 36.5. The predicted octanol–water partition coefficient (Wildman–Crippen LogP) is 3.55. The van der Waals surface area contributed by atoms with E-state index in [1.54, 1.807) is 0 Å². The van der Waals surface area contributed by atoms with Gasteiger partial charge in [-0.15, -0.1) is 0 Å². The second-order valence-electron chi connectivity index (χ2n) is 5.33. The Labute approximate surface area is 96.0 Å². The van der Waals surface area contributed by atoms with Crippen molar-refractivity contribution in [3.8, 4) is 0 Å². The number of halogens is 3. The molecule has 1 saturated heterocycles. The van der Waals surface area contributed by atoms with Crippen LogP contribution in [0.2, 0.25) is 0 Å². The molecule has 0 saturated carbocycles. The molecule has 1 aliphatic rings. The van der Waals surface area contributed by atoms with Crippen molar-refractivity contribution in [3.05, 3.63) is 0 Å². The molecule has 1 aliphatic heterocycles. The van der Waals surface area contributed by atoms with Crippen molar-refractivity contribution in [2.45, 2.75) is 39.8 Å². The summed E-state index contributed by atoms with van der Waals surface area (Å²) in [4.78, 5) is 1.53. The third-order valence-corrected chi connectivity index (χ3v) is 3.83. The molecule has 1 nitrogen and oxygen atoms in total. The lowest BCUT2D eigenvalue weighted by molar-refractivity contribution is -0.149. The molecule has 96 valence electrons. The standard InChI is InChI=1S/C12H22F3N/c1-9(2)10(3)11-4-6-16(7-5-11)8-12(13,14)15/h9-11H,4-8H2,1-3H3. The summed E-state index contributed by atoms with van der Waals surface area (Å²) in [7, 11) is 0. The minimum absolute atomic E-state index is 0.598. The van der Waals surface area contributed by atoms with Gasteiger partial charge in [-0.25, -0.2) is 0 Å². The number of likely N-dealkylation sites (tertiary alicyclic amines) is 1. The fourth-order valence-electron chi connectivity index (χ4n) is 2.43. The highest BCUT2D eigenvalue weighted by atomic mass is 19.4. The van der Waals surface area contributed by atoms with Gasteiger partial charge in [0.05, 0.1) is 6.54 Å². The van der Waals surface area contributed by atoms with E-state index in [4.69, 9.17) is 0 Å². The lowest BCUT2D eigenvalue weighted by Crippen LogP contribution is -2.41. The van der Waals surface area contributed by atoms with Crippen LogP contribution in [0.25, 0.3) is 0 Å². The van der Waals surface area contributed by atoms with Crippen LogP contribution >= 0.6 is 0 Å². The smallest absolute Gasteiger partial charge is 0.295 e. The second kappa shape index (κ2) is 5.39. The van der Waals surface area contributed by atoms with E-state index in [1.165, 1.54) is 4.90 Å². The average molecular weight is 237 g/mol. The van der Waals surface area contributed by atoms with E-state index in [0.717, 1.165) is 12.8 Å². The van der Waals surface area contributed by atoms with Gasteiger partial charge in [0.1, 0.15) is 0 Å². The SMILES string of the molecule is CC(C)C(C)C1CCN(CC(F)(F)F)CC1. The first-order valence-corrected chi connectivity index (χ1v) is 6.08. The minimum Gasteiger partial charge on any atom is -0.295 e. The van der Waals surface area contributed by atoms with Gasteiger partial charge < -0.3 is 0 Å². The molecule has 0 spiro atoms. The Bertz CT molecular complexity index is 205. The molecule has 0 aromatic carbocycles. The summed E-state index contributed by atoms with van der Waals surface area (Å²) in [5.41, 5.74) is 0. The highest BCUT2D eigenvalue weighted by Crippen LogP contribution is 2.30. The van der Waals surface area contributed by atoms with Gasteiger partial charge in [-0.2, -0.15) is 13.2 Å². The van der Waals surface area contributed by atoms with Crippen molar-refractivity contribution < 1.29 is 13.2 Å². The molecule has 0 aromatic rings. The van der Waals surface area contributed by atoms with E-state index in [9.17, 15) is 13.2 Å². The average Bonchev–Trinajstić information content (AvgIpc) is 2.15. The summed E-state index contributed by atoms with van der Waals surface area (Å²) in [5.74, 6) is 1.84. The number of hydrogen-bond acceptors (Lipinski definition) is 1. The van der Waals surface area contributed by atoms with E-state index >= 15 is 0 Å². The molecular formula is C12H22F3N. The first-order valence-electron chi connectivity index (χ1n) is 6.08. The molecule has 0 N–H and O–H groups in total. The van der Waals surface area contributed by atoms with Gasteiger partial charge in [0, 0.05) is 0 Å². The van der Waals surface area contributed by atoms with Crippen molar-refractivity contribution in [2.24, 2.45) is 17.8 Å². The summed E-state index contributed by atoms with van der Waals surface area (Å²) in [6, 6.07) is 0. The largest absolute Gasteiger partial charge is 0.401 e. The molecule has 0 aromatic heterocycles. The van der Waals surface area contributed by atoms with Gasteiger partial charge in [-0.3, -0.25) is 4.90 Å². The lowest BCUT2D eigenvalue weighted by atomic mass is 9.79. The van der Waals surface area contributed by atoms with Gasteiger partial charge in [0.25, 0.3) is 0 Å². The number of alkyl halides is 3. The molecular weight excluding hydrogens is 215 g/mol. The quantitative estimate of drug-likeness (QED) is 0.725. The van der Waals surface area contributed by atoms with Crippen LogP contribution in [-0.2, 0) is 0 Å². The van der Waals surface area contributed by atoms with Crippen LogP contribution in [0.3, 0.4) is 0 Å². The van der Waals surface area contributed by atoms with Gasteiger partial charge in [0.15, 0.2) is 0 Å². The fraction of sp³-hybridized carbons (Fsp3) is 1.00. The highest BCUT2D eigenvalue weighted by Gasteiger charge is 2.33. The van der Waals surface area contributed by atoms with E-state index in [2.05, 4.69) is 20.8 Å². The zero-order valence-corrected chi connectivity index (χ0v) is 10.3. The Kier molecular flexibility index (Phi) is 4.65. The van der Waals surface area contributed by atoms with Crippen molar-refractivity contribution in [1.29, 1.82) is 0 Å². The number of piperidine rings is 1. The van der Waals surface area contributed by atoms with E-state index in [0.29, 0.717) is 30.8 Å². The van der Waals surface area contributed by atoms with E-state index in [1.807, 2.05) is 0 Å². The summed E-state index contributed by atoms with van der Waals surface area (Å²) >= 11 is 0. The summed E-state index contributed by atoms with van der Waals surface area (Å²) in [6.07, 6.45) is -2.22. The molecule has 1 fully saturated rings. The zero-order valence-electron chi connectivity index (χ0n) is 10.3. The molecule has 1 atom stereocenters. The summed E-state index contributed by atoms with van der Waals surface area (Å²) in [6.45, 7) is 7.05. The molecule has 4 heteroatoms. The lowest BCUT2D eigenvalue weighted by Gasteiger charge is -2.36. The molecule has 0 bridgehead atoms. The van der Waals surface area contributed by atoms with Crippen molar-refractivity contribution in [2.75, 3.05) is 19.6 Å². The topological polar surface area (TPSA) is 3.24 Å². The Balaban J connectivity index is 2.34. The van der Waals surface area contributed by atoms with Crippen molar-refractivity contribution in [1.82, 2.24) is 4.90 Å². The summed E-state index contributed by atoms with van der Waals surface area (Å²) in [5, 5.41) is 0. The third kappa shape index (κ3) is 4.32. The number of hydrogen-bond donors (Lipinski definition) is 0. The Morgan fingerprint density at radius 1 is 1.12 bits per heavy atom. The van der Waals surface area contributed by atoms with Gasteiger partial charge in [0.2, 0.25) is 0 Å². The highest BCUT2D eigenvalue weighted by molar-refractivity contribution is 4.78. The first-order chi connectivity index (χ1) is 7.29. The van der Waals surface area contributed by atoms with E-state index in [-0.39, 0.29) is 0 Å². The maximum atomic E-state index is 12.2. The van der Waals surface area contributed by atoms with Gasteiger partial charge in [-0.1, -0.05) is 20.8 Å². The molecule has 0 amide bonds. The van der Waals surface area contributed by atoms with Crippen LogP contribution in [0, 0.1) is 17.8 Å². The Hall–Kier alpha value is -0.250. The van der Waals surface area contributed by atoms with Gasteiger partial charge >= 0.3 is 6.18 Å². The predicted molar refractivity (Wildman–Crippen MR) is 59.2 cm³/mol. The second-order valence-corrected chi connectivity index (χ2v) is 5.33. The van der Waals surface area contributed by atoms with Crippen LogP contribution in [0.5, 0.6) is 0 Å². The maximum absolute atomic E-state index is 12.2. The molecule has 1 heterocycles. The van der Waals surface area contributed by atoms with Crippen LogP contribution < -0.4 is 0 Å². The molecule has 16 heavy (non-hydrogen) atoms. The normalized spacial score (nSPS) is 22.7. The van der Waals surface area contributed by atoms with Crippen LogP contribution in [0.1, 0.15) is 33.6 Å². The fourth-order valence-corrected chi connectivity index (χ4v) is 2.43. The Morgan fingerprint density at radius 2 is 1.62 bits per heavy atom. The van der Waals surface area contributed by atoms with Crippen LogP contribution in [0.4, 0.5) is 13.2 Å². The van der Waals surface area contributed by atoms with Crippen molar-refractivity contribution >= 4 is 0 Å². The maximum Gasteiger partial charge on any atom is 0.401 e. The van der Waals surface area contributed by atoms with Crippen LogP contribution in [-0.4, -0.2) is 30.7 Å². The van der Waals surface area contributed by atoms with Crippen LogP contribution in [0.15, 0.2) is 0 Å². The van der Waals surface area contributed by atoms with Gasteiger partial charge in [-0.05, 0) is 43.7 Å². The molecule has 1 unspecified atom stereocenters. The first kappa shape index (κ1) is 13.8. The Morgan fingerprint density at radius 3 is 2.00 bits per heavy atom. The molecule has 0 aliphatic carbocycles. The molecule has 1 rings (SSSR count). The minimum atomic E-state index is -4.05. The monoisotopic (exact) mass is 237 g/mol.